The Morgan fingerprint density at radius 1 is 1.15 bits per heavy atom. The summed E-state index contributed by atoms with van der Waals surface area (Å²) in [6, 6.07) is 0. The van der Waals surface area contributed by atoms with Crippen LogP contribution in [0.5, 0.6) is 0 Å². The van der Waals surface area contributed by atoms with Crippen LogP contribution in [0.4, 0.5) is 22.0 Å². The van der Waals surface area contributed by atoms with Crippen molar-refractivity contribution >= 4 is 22.6 Å². The molecule has 0 aromatic carbocycles. The molecule has 0 N–H and O–H groups in total. The molecule has 9 heteroatoms. The number of hydrogen-bond acceptors (Lipinski definition) is 3. The summed E-state index contributed by atoms with van der Waals surface area (Å²) in [5.41, 5.74) is 0. The largest absolute Gasteiger partial charge is 0.463 e. The zero-order chi connectivity index (χ0) is 10.3. The van der Waals surface area contributed by atoms with Crippen LogP contribution in [0.3, 0.4) is 0 Å². The second-order valence-corrected chi connectivity index (χ2v) is 2.91. The van der Waals surface area contributed by atoms with Gasteiger partial charge in [0.25, 0.3) is 0 Å². The average Bonchev–Trinajstić information content (AvgIpc) is 2.33. The standard InChI is InChI=1S/C4F5IN2O/c5-3(6,4(7,8)9)1-11-2(10)12-13-1. The van der Waals surface area contributed by atoms with Gasteiger partial charge in [-0.1, -0.05) is 5.16 Å². The fourth-order valence-electron chi connectivity index (χ4n) is 0.454. The van der Waals surface area contributed by atoms with E-state index in [2.05, 4.69) is 14.7 Å². The van der Waals surface area contributed by atoms with Crippen LogP contribution in [0.25, 0.3) is 0 Å². The van der Waals surface area contributed by atoms with Gasteiger partial charge in [0, 0.05) is 22.6 Å². The number of alkyl halides is 5. The van der Waals surface area contributed by atoms with Crippen molar-refractivity contribution in [2.45, 2.75) is 12.1 Å². The summed E-state index contributed by atoms with van der Waals surface area (Å²) in [4.78, 5) is 2.79. The highest BCUT2D eigenvalue weighted by Crippen LogP contribution is 2.42. The number of halogens is 6. The molecule has 0 aliphatic rings. The number of aromatic nitrogens is 2. The quantitative estimate of drug-likeness (QED) is 0.590. The highest BCUT2D eigenvalue weighted by Gasteiger charge is 2.63. The third kappa shape index (κ3) is 1.89. The van der Waals surface area contributed by atoms with Crippen LogP contribution in [0, 0.1) is 3.83 Å². The zero-order valence-corrected chi connectivity index (χ0v) is 7.73. The molecule has 74 valence electrons. The van der Waals surface area contributed by atoms with Gasteiger partial charge in [0.05, 0.1) is 0 Å². The molecule has 0 aliphatic carbocycles. The first-order chi connectivity index (χ1) is 5.75. The lowest BCUT2D eigenvalue weighted by Crippen LogP contribution is -2.34. The lowest BCUT2D eigenvalue weighted by Gasteiger charge is -2.14. The van der Waals surface area contributed by atoms with Crippen molar-refractivity contribution < 1.29 is 26.5 Å². The molecule has 0 saturated heterocycles. The fourth-order valence-corrected chi connectivity index (χ4v) is 0.772. The van der Waals surface area contributed by atoms with Gasteiger partial charge in [-0.05, 0) is 0 Å². The van der Waals surface area contributed by atoms with Gasteiger partial charge in [-0.15, -0.1) is 0 Å². The van der Waals surface area contributed by atoms with Crippen molar-refractivity contribution in [2.75, 3.05) is 0 Å². The molecule has 1 aromatic rings. The summed E-state index contributed by atoms with van der Waals surface area (Å²) < 4.78 is 63.1. The Balaban J connectivity index is 3.07. The van der Waals surface area contributed by atoms with Crippen molar-refractivity contribution in [3.63, 3.8) is 0 Å². The van der Waals surface area contributed by atoms with Crippen LogP contribution >= 0.6 is 22.6 Å². The van der Waals surface area contributed by atoms with Gasteiger partial charge in [-0.25, -0.2) is 0 Å². The van der Waals surface area contributed by atoms with Crippen molar-refractivity contribution in [3.8, 4) is 0 Å². The molecule has 3 nitrogen and oxygen atoms in total. The Morgan fingerprint density at radius 3 is 2.00 bits per heavy atom. The Hall–Kier alpha value is -0.480. The van der Waals surface area contributed by atoms with Crippen LogP contribution in [0.1, 0.15) is 5.89 Å². The van der Waals surface area contributed by atoms with E-state index in [1.54, 1.807) is 0 Å². The molecular formula is C4F5IN2O. The van der Waals surface area contributed by atoms with Crippen LogP contribution in [0.15, 0.2) is 4.52 Å². The van der Waals surface area contributed by atoms with Gasteiger partial charge in [0.1, 0.15) is 0 Å². The van der Waals surface area contributed by atoms with E-state index in [9.17, 15) is 22.0 Å². The van der Waals surface area contributed by atoms with E-state index in [0.29, 0.717) is 0 Å². The van der Waals surface area contributed by atoms with E-state index in [1.807, 2.05) is 0 Å². The molecule has 0 saturated carbocycles. The van der Waals surface area contributed by atoms with Crippen LogP contribution in [-0.2, 0) is 5.92 Å². The molecule has 0 bridgehead atoms. The highest BCUT2D eigenvalue weighted by atomic mass is 127. The second kappa shape index (κ2) is 3.03. The normalized spacial score (nSPS) is 13.4. The summed E-state index contributed by atoms with van der Waals surface area (Å²) in [5.74, 6) is -6.84. The number of hydrogen-bond donors (Lipinski definition) is 0. The molecule has 1 rings (SSSR count). The van der Waals surface area contributed by atoms with E-state index in [-0.39, 0.29) is 3.83 Å². The summed E-state index contributed by atoms with van der Waals surface area (Å²) in [5, 5.41) is 2.82. The van der Waals surface area contributed by atoms with Crippen LogP contribution < -0.4 is 0 Å². The maximum Gasteiger partial charge on any atom is 0.463 e. The predicted octanol–water partition coefficient (Wildman–Crippen LogP) is 2.33. The van der Waals surface area contributed by atoms with Crippen LogP contribution in [0.2, 0.25) is 0 Å². The minimum atomic E-state index is -5.72. The Labute approximate surface area is 81.4 Å². The fraction of sp³-hybridized carbons (Fsp3) is 0.500. The van der Waals surface area contributed by atoms with Crippen molar-refractivity contribution in [3.05, 3.63) is 9.72 Å². The molecule has 1 aromatic heterocycles. The topological polar surface area (TPSA) is 38.9 Å². The molecule has 0 atom stereocenters. The summed E-state index contributed by atoms with van der Waals surface area (Å²) in [6.07, 6.45) is -5.72. The SMILES string of the molecule is FC(F)(F)C(F)(F)c1nc(I)no1. The van der Waals surface area contributed by atoms with E-state index in [0.717, 1.165) is 0 Å². The summed E-state index contributed by atoms with van der Waals surface area (Å²) >= 11 is 1.35. The van der Waals surface area contributed by atoms with E-state index in [1.165, 1.54) is 22.6 Å². The first-order valence-corrected chi connectivity index (χ1v) is 3.77. The summed E-state index contributed by atoms with van der Waals surface area (Å²) in [7, 11) is 0. The van der Waals surface area contributed by atoms with Gasteiger partial charge < -0.3 is 4.52 Å². The zero-order valence-electron chi connectivity index (χ0n) is 5.57. The Morgan fingerprint density at radius 2 is 1.69 bits per heavy atom. The van der Waals surface area contributed by atoms with Crippen molar-refractivity contribution in [1.29, 1.82) is 0 Å². The van der Waals surface area contributed by atoms with Gasteiger partial charge in [0.2, 0.25) is 3.83 Å². The first kappa shape index (κ1) is 10.6. The minimum Gasteiger partial charge on any atom is -0.331 e. The molecule has 0 amide bonds. The molecule has 0 spiro atoms. The number of nitrogens with zero attached hydrogens (tertiary/aromatic N) is 2. The van der Waals surface area contributed by atoms with Crippen LogP contribution in [-0.4, -0.2) is 16.3 Å². The van der Waals surface area contributed by atoms with E-state index in [4.69, 9.17) is 0 Å². The summed E-state index contributed by atoms with van der Waals surface area (Å²) in [6.45, 7) is 0. The van der Waals surface area contributed by atoms with Crippen molar-refractivity contribution in [1.82, 2.24) is 10.1 Å². The lowest BCUT2D eigenvalue weighted by molar-refractivity contribution is -0.298. The predicted molar refractivity (Wildman–Crippen MR) is 37.0 cm³/mol. The molecular weight excluding hydrogens is 314 g/mol. The Bertz CT molecular complexity index is 308. The van der Waals surface area contributed by atoms with Gasteiger partial charge in [0.15, 0.2) is 0 Å². The third-order valence-electron chi connectivity index (χ3n) is 1.03. The smallest absolute Gasteiger partial charge is 0.331 e. The lowest BCUT2D eigenvalue weighted by atomic mass is 10.3. The third-order valence-corrected chi connectivity index (χ3v) is 1.46. The maximum atomic E-state index is 12.4. The number of rotatable bonds is 1. The van der Waals surface area contributed by atoms with E-state index < -0.39 is 18.0 Å². The molecule has 0 aliphatic heterocycles. The molecule has 13 heavy (non-hydrogen) atoms. The van der Waals surface area contributed by atoms with Gasteiger partial charge >= 0.3 is 18.0 Å². The molecule has 0 unspecified atom stereocenters. The van der Waals surface area contributed by atoms with Crippen molar-refractivity contribution in [2.24, 2.45) is 0 Å². The minimum absolute atomic E-state index is 0.309. The monoisotopic (exact) mass is 314 g/mol. The molecule has 0 fully saturated rings. The second-order valence-electron chi connectivity index (χ2n) is 1.94. The average molecular weight is 314 g/mol. The first-order valence-electron chi connectivity index (χ1n) is 2.69. The van der Waals surface area contributed by atoms with Gasteiger partial charge in [-0.3, -0.25) is 0 Å². The highest BCUT2D eigenvalue weighted by molar-refractivity contribution is 14.1. The Kier molecular flexibility index (Phi) is 2.47. The molecule has 1 heterocycles. The maximum absolute atomic E-state index is 12.4. The molecule has 0 radical (unpaired) electrons. The van der Waals surface area contributed by atoms with Gasteiger partial charge in [-0.2, -0.15) is 26.9 Å². The van der Waals surface area contributed by atoms with E-state index >= 15 is 0 Å².